The number of amides is 1. The molecule has 0 saturated carbocycles. The zero-order chi connectivity index (χ0) is 13.9. The topological polar surface area (TPSA) is 113 Å². The Kier molecular flexibility index (Phi) is 4.82. The molecule has 8 nitrogen and oxygen atoms in total. The van der Waals surface area contributed by atoms with Crippen molar-refractivity contribution in [2.45, 2.75) is 25.3 Å². The van der Waals surface area contributed by atoms with Crippen LogP contribution in [0.2, 0.25) is 0 Å². The molecule has 1 amide bonds. The number of carbonyl (C=O) groups is 2. The van der Waals surface area contributed by atoms with E-state index in [1.165, 1.54) is 18.7 Å². The molecule has 10 heteroatoms. The fraction of sp³-hybridized carbons (Fsp3) is 0.750. The Labute approximate surface area is 109 Å². The molecular formula is C8H14N2O6S2. The van der Waals surface area contributed by atoms with E-state index in [1.807, 2.05) is 0 Å². The Hall–Kier alpha value is -1.00. The van der Waals surface area contributed by atoms with Crippen molar-refractivity contribution >= 4 is 34.0 Å². The Morgan fingerprint density at radius 2 is 2.17 bits per heavy atom. The number of aliphatic carboxylic acids is 1. The highest BCUT2D eigenvalue weighted by Gasteiger charge is 2.44. The molecule has 0 aliphatic carbocycles. The van der Waals surface area contributed by atoms with Gasteiger partial charge in [0.2, 0.25) is 0 Å². The molecule has 2 atom stereocenters. The van der Waals surface area contributed by atoms with Crippen LogP contribution in [0.1, 0.15) is 13.8 Å². The number of carboxylic acid groups (broad SMARTS) is 1. The average molecular weight is 298 g/mol. The number of hydrogen-bond acceptors (Lipinski definition) is 6. The minimum absolute atomic E-state index is 0.0218. The second kappa shape index (κ2) is 5.76. The van der Waals surface area contributed by atoms with Crippen LogP contribution in [0, 0.1) is 0 Å². The highest BCUT2D eigenvalue weighted by atomic mass is 32.2. The molecule has 1 aliphatic heterocycles. The Morgan fingerprint density at radius 3 is 2.67 bits per heavy atom. The summed E-state index contributed by atoms with van der Waals surface area (Å²) in [5.41, 5.74) is 0. The van der Waals surface area contributed by atoms with Gasteiger partial charge in [-0.1, -0.05) is 0 Å². The Bertz CT molecular complexity index is 437. The lowest BCUT2D eigenvalue weighted by Crippen LogP contribution is -2.51. The maximum absolute atomic E-state index is 11.9. The molecular weight excluding hydrogens is 284 g/mol. The first-order chi connectivity index (χ1) is 8.29. The number of carboxylic acids is 1. The predicted octanol–water partition coefficient (Wildman–Crippen LogP) is -0.175. The number of nitrogens with zero attached hydrogens (tertiary/aromatic N) is 1. The molecule has 0 spiro atoms. The fourth-order valence-corrected chi connectivity index (χ4v) is 4.43. The summed E-state index contributed by atoms with van der Waals surface area (Å²) in [4.78, 5) is 22.1. The van der Waals surface area contributed by atoms with Crippen LogP contribution in [-0.4, -0.2) is 53.7 Å². The lowest BCUT2D eigenvalue weighted by atomic mass is 10.3. The lowest BCUT2D eigenvalue weighted by Gasteiger charge is -2.23. The maximum atomic E-state index is 11.9. The van der Waals surface area contributed by atoms with Crippen LogP contribution in [0.3, 0.4) is 0 Å². The van der Waals surface area contributed by atoms with Gasteiger partial charge in [-0.05, 0) is 13.8 Å². The first-order valence-corrected chi connectivity index (χ1v) is 7.61. The molecule has 1 heterocycles. The van der Waals surface area contributed by atoms with Gasteiger partial charge in [-0.2, -0.15) is 12.7 Å². The van der Waals surface area contributed by atoms with Gasteiger partial charge in [0.05, 0.1) is 12.0 Å². The van der Waals surface area contributed by atoms with E-state index in [-0.39, 0.29) is 12.4 Å². The molecule has 1 rings (SSSR count). The summed E-state index contributed by atoms with van der Waals surface area (Å²) >= 11 is 1.18. The summed E-state index contributed by atoms with van der Waals surface area (Å²) in [7, 11) is -4.22. The van der Waals surface area contributed by atoms with Gasteiger partial charge in [0, 0.05) is 5.75 Å². The quantitative estimate of drug-likeness (QED) is 0.740. The van der Waals surface area contributed by atoms with Crippen molar-refractivity contribution in [2.75, 3.05) is 12.4 Å². The van der Waals surface area contributed by atoms with Crippen LogP contribution < -0.4 is 4.72 Å². The van der Waals surface area contributed by atoms with Crippen molar-refractivity contribution in [3.63, 3.8) is 0 Å². The largest absolute Gasteiger partial charge is 0.480 e. The second-order valence-electron chi connectivity index (χ2n) is 3.44. The highest BCUT2D eigenvalue weighted by molar-refractivity contribution is 8.01. The van der Waals surface area contributed by atoms with Gasteiger partial charge in [0.15, 0.2) is 0 Å². The predicted molar refractivity (Wildman–Crippen MR) is 64.3 cm³/mol. The number of hydrogen-bond donors (Lipinski definition) is 2. The maximum Gasteiger partial charge on any atom is 0.421 e. The minimum atomic E-state index is -4.22. The van der Waals surface area contributed by atoms with E-state index in [1.54, 1.807) is 11.6 Å². The van der Waals surface area contributed by atoms with Gasteiger partial charge in [-0.25, -0.2) is 9.52 Å². The molecule has 0 radical (unpaired) electrons. The highest BCUT2D eigenvalue weighted by Crippen LogP contribution is 2.30. The number of rotatable bonds is 4. The molecule has 104 valence electrons. The van der Waals surface area contributed by atoms with E-state index in [2.05, 4.69) is 4.74 Å². The number of carbonyl (C=O) groups excluding carboxylic acids is 1. The summed E-state index contributed by atoms with van der Waals surface area (Å²) < 4.78 is 30.7. The number of nitrogens with one attached hydrogen (secondary N) is 1. The first-order valence-electron chi connectivity index (χ1n) is 5.12. The minimum Gasteiger partial charge on any atom is -0.480 e. The van der Waals surface area contributed by atoms with E-state index < -0.39 is 33.7 Å². The first kappa shape index (κ1) is 15.1. The van der Waals surface area contributed by atoms with Crippen molar-refractivity contribution in [1.82, 2.24) is 9.03 Å². The van der Waals surface area contributed by atoms with Crippen molar-refractivity contribution in [3.8, 4) is 0 Å². The van der Waals surface area contributed by atoms with Crippen molar-refractivity contribution in [3.05, 3.63) is 0 Å². The molecule has 1 aliphatic rings. The third-order valence-corrected chi connectivity index (χ3v) is 5.11. The van der Waals surface area contributed by atoms with Crippen LogP contribution in [-0.2, 0) is 19.7 Å². The molecule has 0 aromatic heterocycles. The van der Waals surface area contributed by atoms with E-state index in [0.29, 0.717) is 0 Å². The van der Waals surface area contributed by atoms with Crippen molar-refractivity contribution in [2.24, 2.45) is 0 Å². The third-order valence-electron chi connectivity index (χ3n) is 2.21. The summed E-state index contributed by atoms with van der Waals surface area (Å²) in [6.07, 6.45) is -1.12. The van der Waals surface area contributed by atoms with Crippen molar-refractivity contribution < 1.29 is 27.9 Å². The van der Waals surface area contributed by atoms with Gasteiger partial charge in [-0.3, -0.25) is 4.79 Å². The van der Waals surface area contributed by atoms with E-state index in [4.69, 9.17) is 5.11 Å². The lowest BCUT2D eigenvalue weighted by molar-refractivity contribution is -0.140. The van der Waals surface area contributed by atoms with Gasteiger partial charge in [0.25, 0.3) is 0 Å². The van der Waals surface area contributed by atoms with E-state index in [9.17, 15) is 18.0 Å². The fourth-order valence-electron chi connectivity index (χ4n) is 1.49. The number of ether oxygens (including phenoxy) is 1. The molecule has 2 N–H and O–H groups in total. The smallest absolute Gasteiger partial charge is 0.421 e. The molecule has 2 unspecified atom stereocenters. The van der Waals surface area contributed by atoms with Crippen LogP contribution in [0.15, 0.2) is 0 Å². The van der Waals surface area contributed by atoms with Crippen LogP contribution in [0.5, 0.6) is 0 Å². The number of thioether (sulfide) groups is 1. The zero-order valence-electron chi connectivity index (χ0n) is 9.82. The third kappa shape index (κ3) is 3.27. The molecule has 1 saturated heterocycles. The SMILES string of the molecule is CCOC(=O)NS(=O)(=O)N1C(C)SCC1C(=O)O. The summed E-state index contributed by atoms with van der Waals surface area (Å²) in [5, 5.41) is 8.38. The van der Waals surface area contributed by atoms with Crippen molar-refractivity contribution in [1.29, 1.82) is 0 Å². The zero-order valence-corrected chi connectivity index (χ0v) is 11.5. The van der Waals surface area contributed by atoms with Gasteiger partial charge in [-0.15, -0.1) is 11.8 Å². The Balaban J connectivity index is 2.88. The summed E-state index contributed by atoms with van der Waals surface area (Å²) in [5.74, 6) is -1.11. The molecule has 1 fully saturated rings. The summed E-state index contributed by atoms with van der Waals surface area (Å²) in [6.45, 7) is 3.10. The standard InChI is InChI=1S/C8H14N2O6S2/c1-3-16-8(13)9-18(14,15)10-5(2)17-4-6(10)7(11)12/h5-6H,3-4H2,1-2H3,(H,9,13)(H,11,12). The van der Waals surface area contributed by atoms with Gasteiger partial charge < -0.3 is 9.84 Å². The van der Waals surface area contributed by atoms with Crippen LogP contribution in [0.4, 0.5) is 4.79 Å². The molecule has 18 heavy (non-hydrogen) atoms. The average Bonchev–Trinajstić information content (AvgIpc) is 2.60. The van der Waals surface area contributed by atoms with E-state index in [0.717, 1.165) is 4.31 Å². The molecule has 0 bridgehead atoms. The Morgan fingerprint density at radius 1 is 1.56 bits per heavy atom. The van der Waals surface area contributed by atoms with Gasteiger partial charge >= 0.3 is 22.3 Å². The van der Waals surface area contributed by atoms with Crippen LogP contribution in [0.25, 0.3) is 0 Å². The molecule has 0 aromatic carbocycles. The monoisotopic (exact) mass is 298 g/mol. The van der Waals surface area contributed by atoms with Gasteiger partial charge in [0.1, 0.15) is 6.04 Å². The normalized spacial score (nSPS) is 24.8. The molecule has 0 aromatic rings. The van der Waals surface area contributed by atoms with E-state index >= 15 is 0 Å². The second-order valence-corrected chi connectivity index (χ2v) is 6.37. The summed E-state index contributed by atoms with van der Waals surface area (Å²) in [6, 6.07) is -1.18. The van der Waals surface area contributed by atoms with Crippen LogP contribution >= 0.6 is 11.8 Å².